The Balaban J connectivity index is 2.09. The number of hydrogen-bond donors (Lipinski definition) is 1. The van der Waals surface area contributed by atoms with Gasteiger partial charge in [-0.1, -0.05) is 12.1 Å². The van der Waals surface area contributed by atoms with Crippen molar-refractivity contribution in [1.82, 2.24) is 9.88 Å². The standard InChI is InChI=1S/C22H26FN3O2/c1-15-10-19(17(3)26(15)16(2)14-28-4)12-20(13-24)22(27)25-9-8-18-6-5-7-21(23)11-18/h5-7,10-12,16H,8-9,14H2,1-4H3,(H,25,27)/b20-12+. The molecule has 1 heterocycles. The second-order valence-electron chi connectivity index (χ2n) is 6.81. The van der Waals surface area contributed by atoms with E-state index in [9.17, 15) is 14.4 Å². The Morgan fingerprint density at radius 2 is 2.14 bits per heavy atom. The minimum atomic E-state index is -0.436. The molecular weight excluding hydrogens is 357 g/mol. The van der Waals surface area contributed by atoms with Crippen LogP contribution < -0.4 is 5.32 Å². The number of hydrogen-bond acceptors (Lipinski definition) is 3. The van der Waals surface area contributed by atoms with Crippen LogP contribution in [0.15, 0.2) is 35.9 Å². The Morgan fingerprint density at radius 3 is 2.79 bits per heavy atom. The lowest BCUT2D eigenvalue weighted by Gasteiger charge is -2.17. The predicted octanol–water partition coefficient (Wildman–Crippen LogP) is 3.72. The maximum Gasteiger partial charge on any atom is 0.261 e. The van der Waals surface area contributed by atoms with E-state index in [2.05, 4.69) is 16.8 Å². The molecular formula is C22H26FN3O2. The molecule has 28 heavy (non-hydrogen) atoms. The van der Waals surface area contributed by atoms with Crippen LogP contribution in [0.5, 0.6) is 0 Å². The van der Waals surface area contributed by atoms with E-state index in [1.807, 2.05) is 26.0 Å². The summed E-state index contributed by atoms with van der Waals surface area (Å²) >= 11 is 0. The van der Waals surface area contributed by atoms with Crippen LogP contribution in [-0.2, 0) is 16.0 Å². The third-order valence-corrected chi connectivity index (χ3v) is 4.63. The van der Waals surface area contributed by atoms with Crippen molar-refractivity contribution >= 4 is 12.0 Å². The van der Waals surface area contributed by atoms with Crippen LogP contribution in [0.4, 0.5) is 4.39 Å². The summed E-state index contributed by atoms with van der Waals surface area (Å²) in [6.07, 6.45) is 2.10. The molecule has 0 aliphatic rings. The van der Waals surface area contributed by atoms with Crippen molar-refractivity contribution in [3.63, 3.8) is 0 Å². The van der Waals surface area contributed by atoms with Crippen LogP contribution >= 0.6 is 0 Å². The van der Waals surface area contributed by atoms with E-state index in [0.29, 0.717) is 19.6 Å². The Kier molecular flexibility index (Phi) is 7.53. The molecule has 1 N–H and O–H groups in total. The number of nitriles is 1. The van der Waals surface area contributed by atoms with Crippen LogP contribution in [-0.4, -0.2) is 30.7 Å². The summed E-state index contributed by atoms with van der Waals surface area (Å²) in [6, 6.07) is 10.3. The summed E-state index contributed by atoms with van der Waals surface area (Å²) in [5.41, 5.74) is 3.68. The van der Waals surface area contributed by atoms with Crippen LogP contribution in [0.2, 0.25) is 0 Å². The SMILES string of the molecule is COCC(C)n1c(C)cc(/C=C(\C#N)C(=O)NCCc2cccc(F)c2)c1C. The Hall–Kier alpha value is -2.91. The molecule has 0 bridgehead atoms. The lowest BCUT2D eigenvalue weighted by atomic mass is 10.1. The van der Waals surface area contributed by atoms with Gasteiger partial charge in [0.15, 0.2) is 0 Å². The third-order valence-electron chi connectivity index (χ3n) is 4.63. The van der Waals surface area contributed by atoms with Gasteiger partial charge >= 0.3 is 0 Å². The Bertz CT molecular complexity index is 909. The van der Waals surface area contributed by atoms with Gasteiger partial charge in [-0.2, -0.15) is 5.26 Å². The number of amides is 1. The highest BCUT2D eigenvalue weighted by molar-refractivity contribution is 6.01. The van der Waals surface area contributed by atoms with Gasteiger partial charge in [-0.25, -0.2) is 4.39 Å². The van der Waals surface area contributed by atoms with Gasteiger partial charge in [0.2, 0.25) is 0 Å². The molecule has 1 amide bonds. The highest BCUT2D eigenvalue weighted by atomic mass is 19.1. The molecule has 0 saturated heterocycles. The number of rotatable bonds is 8. The lowest BCUT2D eigenvalue weighted by molar-refractivity contribution is -0.117. The molecule has 0 spiro atoms. The quantitative estimate of drug-likeness (QED) is 0.558. The zero-order valence-corrected chi connectivity index (χ0v) is 16.8. The van der Waals surface area contributed by atoms with E-state index in [1.54, 1.807) is 25.3 Å². The van der Waals surface area contributed by atoms with Crippen LogP contribution in [0.25, 0.3) is 6.08 Å². The number of halogens is 1. The van der Waals surface area contributed by atoms with Gasteiger partial charge in [-0.3, -0.25) is 4.79 Å². The molecule has 2 rings (SSSR count). The summed E-state index contributed by atoms with van der Waals surface area (Å²) < 4.78 is 20.6. The van der Waals surface area contributed by atoms with Crippen LogP contribution in [0, 0.1) is 31.0 Å². The van der Waals surface area contributed by atoms with E-state index in [-0.39, 0.29) is 17.4 Å². The minimum absolute atomic E-state index is 0.0406. The monoisotopic (exact) mass is 383 g/mol. The fourth-order valence-electron chi connectivity index (χ4n) is 3.35. The number of ether oxygens (including phenoxy) is 1. The van der Waals surface area contributed by atoms with Gasteiger partial charge in [0, 0.05) is 25.0 Å². The van der Waals surface area contributed by atoms with Gasteiger partial charge < -0.3 is 14.6 Å². The van der Waals surface area contributed by atoms with E-state index in [0.717, 1.165) is 22.5 Å². The molecule has 2 aromatic rings. The second kappa shape index (κ2) is 9.86. The number of carbonyl (C=O) groups is 1. The van der Waals surface area contributed by atoms with Crippen molar-refractivity contribution in [3.05, 3.63) is 64.2 Å². The van der Waals surface area contributed by atoms with Gasteiger partial charge in [-0.15, -0.1) is 0 Å². The largest absolute Gasteiger partial charge is 0.383 e. The molecule has 0 radical (unpaired) electrons. The summed E-state index contributed by atoms with van der Waals surface area (Å²) in [6.45, 7) is 6.90. The summed E-state index contributed by atoms with van der Waals surface area (Å²) in [5, 5.41) is 12.1. The maximum atomic E-state index is 13.2. The van der Waals surface area contributed by atoms with Crippen molar-refractivity contribution in [2.24, 2.45) is 0 Å². The molecule has 6 heteroatoms. The number of benzene rings is 1. The lowest BCUT2D eigenvalue weighted by Crippen LogP contribution is -2.26. The average molecular weight is 383 g/mol. The van der Waals surface area contributed by atoms with E-state index < -0.39 is 5.91 Å². The van der Waals surface area contributed by atoms with Crippen molar-refractivity contribution in [3.8, 4) is 6.07 Å². The zero-order valence-electron chi connectivity index (χ0n) is 16.8. The summed E-state index contributed by atoms with van der Waals surface area (Å²) in [5.74, 6) is -0.742. The smallest absolute Gasteiger partial charge is 0.261 e. The maximum absolute atomic E-state index is 13.2. The number of nitrogens with zero attached hydrogens (tertiary/aromatic N) is 2. The van der Waals surface area contributed by atoms with Gasteiger partial charge in [0.1, 0.15) is 17.5 Å². The van der Waals surface area contributed by atoms with Gasteiger partial charge in [0.25, 0.3) is 5.91 Å². The predicted molar refractivity (Wildman–Crippen MR) is 107 cm³/mol. The number of carbonyl (C=O) groups excluding carboxylic acids is 1. The number of aryl methyl sites for hydroxylation is 1. The molecule has 1 unspecified atom stereocenters. The van der Waals surface area contributed by atoms with Gasteiger partial charge in [0.05, 0.1) is 12.6 Å². The molecule has 0 aliphatic heterocycles. The summed E-state index contributed by atoms with van der Waals surface area (Å²) in [4.78, 5) is 12.4. The number of nitrogens with one attached hydrogen (secondary N) is 1. The first-order chi connectivity index (χ1) is 13.4. The molecule has 1 atom stereocenters. The van der Waals surface area contributed by atoms with Gasteiger partial charge in [-0.05, 0) is 62.6 Å². The Labute approximate surface area is 165 Å². The topological polar surface area (TPSA) is 67.0 Å². The van der Waals surface area contributed by atoms with Crippen molar-refractivity contribution in [2.45, 2.75) is 33.2 Å². The van der Waals surface area contributed by atoms with Crippen LogP contribution in [0.1, 0.15) is 35.5 Å². The molecule has 0 fully saturated rings. The molecule has 1 aromatic carbocycles. The molecule has 148 valence electrons. The Morgan fingerprint density at radius 1 is 1.39 bits per heavy atom. The first-order valence-electron chi connectivity index (χ1n) is 9.19. The van der Waals surface area contributed by atoms with E-state index in [1.165, 1.54) is 12.1 Å². The summed E-state index contributed by atoms with van der Waals surface area (Å²) in [7, 11) is 1.66. The van der Waals surface area contributed by atoms with Crippen molar-refractivity contribution < 1.29 is 13.9 Å². The zero-order chi connectivity index (χ0) is 20.7. The van der Waals surface area contributed by atoms with Crippen molar-refractivity contribution in [2.75, 3.05) is 20.3 Å². The fraction of sp³-hybridized carbons (Fsp3) is 0.364. The first-order valence-corrected chi connectivity index (χ1v) is 9.19. The van der Waals surface area contributed by atoms with Crippen molar-refractivity contribution in [1.29, 1.82) is 5.26 Å². The fourth-order valence-corrected chi connectivity index (χ4v) is 3.35. The van der Waals surface area contributed by atoms with Crippen LogP contribution in [0.3, 0.4) is 0 Å². The first kappa shape index (κ1) is 21.4. The molecule has 0 aliphatic carbocycles. The minimum Gasteiger partial charge on any atom is -0.383 e. The third kappa shape index (κ3) is 5.30. The highest BCUT2D eigenvalue weighted by Gasteiger charge is 2.15. The molecule has 5 nitrogen and oxygen atoms in total. The van der Waals surface area contributed by atoms with E-state index >= 15 is 0 Å². The average Bonchev–Trinajstić information content (AvgIpc) is 2.93. The number of methoxy groups -OCH3 is 1. The molecule has 0 saturated carbocycles. The number of aromatic nitrogens is 1. The molecule has 1 aromatic heterocycles. The second-order valence-corrected chi connectivity index (χ2v) is 6.81. The highest BCUT2D eigenvalue weighted by Crippen LogP contribution is 2.22. The normalized spacial score (nSPS) is 12.5. The van der Waals surface area contributed by atoms with E-state index in [4.69, 9.17) is 4.74 Å².